The number of thiophene rings is 1. The van der Waals surface area contributed by atoms with Crippen molar-refractivity contribution in [3.63, 3.8) is 0 Å². The summed E-state index contributed by atoms with van der Waals surface area (Å²) in [6.45, 7) is 5.24. The fraction of sp³-hybridized carbons (Fsp3) is 0.350. The van der Waals surface area contributed by atoms with Crippen LogP contribution in [0.2, 0.25) is 0 Å². The summed E-state index contributed by atoms with van der Waals surface area (Å²) >= 11 is 2.90. The second-order valence-electron chi connectivity index (χ2n) is 7.35. The fourth-order valence-electron chi connectivity index (χ4n) is 3.19. The molecule has 0 unspecified atom stereocenters. The molecule has 3 aromatic rings. The molecule has 0 atom stereocenters. The minimum Gasteiger partial charge on any atom is -0.383 e. The van der Waals surface area contributed by atoms with Crippen LogP contribution in [0.5, 0.6) is 0 Å². The maximum Gasteiger partial charge on any atom is 0.230 e. The van der Waals surface area contributed by atoms with E-state index >= 15 is 0 Å². The Hall–Kier alpha value is -2.16. The van der Waals surface area contributed by atoms with E-state index in [4.69, 9.17) is 10.5 Å². The molecular formula is C20H22N4O2S2. The van der Waals surface area contributed by atoms with Crippen LogP contribution < -0.4 is 11.1 Å². The number of aromatic nitrogens is 2. The number of carbonyl (C=O) groups excluding carboxylic acids is 1. The van der Waals surface area contributed by atoms with Gasteiger partial charge in [-0.05, 0) is 25.0 Å². The number of hydrogen-bond donors (Lipinski definition) is 2. The molecule has 0 saturated heterocycles. The van der Waals surface area contributed by atoms with Crippen LogP contribution in [-0.2, 0) is 29.1 Å². The standard InChI is InChI=1S/C20H22N4O2S2/c1-20(2)8-13-14(10-26-20)28-18-16(13)17(21)23-19(24-18)27-11-15(25)22-9-12-6-4-3-5-7-12/h3-7H,8-11H2,1-2H3,(H,22,25)(H2,21,23,24). The zero-order valence-electron chi connectivity index (χ0n) is 15.8. The van der Waals surface area contributed by atoms with E-state index in [2.05, 4.69) is 29.1 Å². The third-order valence-electron chi connectivity index (χ3n) is 4.60. The van der Waals surface area contributed by atoms with Crippen LogP contribution in [0.3, 0.4) is 0 Å². The van der Waals surface area contributed by atoms with E-state index in [1.54, 1.807) is 11.3 Å². The molecule has 28 heavy (non-hydrogen) atoms. The van der Waals surface area contributed by atoms with Crippen molar-refractivity contribution >= 4 is 45.0 Å². The number of nitrogens with two attached hydrogens (primary N) is 1. The Morgan fingerprint density at radius 3 is 2.89 bits per heavy atom. The molecule has 1 aromatic carbocycles. The van der Waals surface area contributed by atoms with E-state index in [1.807, 2.05) is 30.3 Å². The Labute approximate surface area is 171 Å². The average molecular weight is 415 g/mol. The molecule has 6 nitrogen and oxygen atoms in total. The van der Waals surface area contributed by atoms with Crippen molar-refractivity contribution in [2.75, 3.05) is 11.5 Å². The summed E-state index contributed by atoms with van der Waals surface area (Å²) in [5.41, 5.74) is 8.31. The first-order chi connectivity index (χ1) is 13.4. The van der Waals surface area contributed by atoms with Gasteiger partial charge in [0.15, 0.2) is 5.16 Å². The van der Waals surface area contributed by atoms with Gasteiger partial charge in [-0.3, -0.25) is 4.79 Å². The molecule has 3 N–H and O–H groups in total. The van der Waals surface area contributed by atoms with Gasteiger partial charge in [-0.1, -0.05) is 42.1 Å². The van der Waals surface area contributed by atoms with E-state index in [0.717, 1.165) is 27.1 Å². The number of rotatable bonds is 5. The first-order valence-corrected chi connectivity index (χ1v) is 10.9. The third kappa shape index (κ3) is 4.14. The van der Waals surface area contributed by atoms with Crippen molar-refractivity contribution in [3.8, 4) is 0 Å². The summed E-state index contributed by atoms with van der Waals surface area (Å²) in [7, 11) is 0. The summed E-state index contributed by atoms with van der Waals surface area (Å²) in [6.07, 6.45) is 0.796. The zero-order valence-corrected chi connectivity index (χ0v) is 17.5. The molecule has 1 aliphatic heterocycles. The molecule has 4 rings (SSSR count). The van der Waals surface area contributed by atoms with Crippen molar-refractivity contribution in [1.82, 2.24) is 15.3 Å². The van der Waals surface area contributed by atoms with E-state index in [9.17, 15) is 4.79 Å². The van der Waals surface area contributed by atoms with Gasteiger partial charge in [0.2, 0.25) is 5.91 Å². The quantitative estimate of drug-likeness (QED) is 0.490. The largest absolute Gasteiger partial charge is 0.383 e. The number of amides is 1. The molecule has 146 valence electrons. The summed E-state index contributed by atoms with van der Waals surface area (Å²) in [4.78, 5) is 23.2. The highest BCUT2D eigenvalue weighted by molar-refractivity contribution is 7.99. The summed E-state index contributed by atoms with van der Waals surface area (Å²) in [5.74, 6) is 0.670. The van der Waals surface area contributed by atoms with Gasteiger partial charge in [-0.25, -0.2) is 9.97 Å². The molecule has 1 aliphatic rings. The van der Waals surface area contributed by atoms with E-state index in [0.29, 0.717) is 24.1 Å². The van der Waals surface area contributed by atoms with Crippen molar-refractivity contribution in [2.24, 2.45) is 0 Å². The van der Waals surface area contributed by atoms with Gasteiger partial charge < -0.3 is 15.8 Å². The molecule has 2 aromatic heterocycles. The van der Waals surface area contributed by atoms with Crippen LogP contribution in [-0.4, -0.2) is 27.2 Å². The molecule has 0 saturated carbocycles. The number of thioether (sulfide) groups is 1. The van der Waals surface area contributed by atoms with Gasteiger partial charge >= 0.3 is 0 Å². The number of fused-ring (bicyclic) bond motifs is 3. The Kier molecular flexibility index (Phi) is 5.27. The van der Waals surface area contributed by atoms with E-state index in [1.165, 1.54) is 17.3 Å². The molecule has 3 heterocycles. The molecule has 0 radical (unpaired) electrons. The Balaban J connectivity index is 1.44. The van der Waals surface area contributed by atoms with Gasteiger partial charge in [0.25, 0.3) is 0 Å². The highest BCUT2D eigenvalue weighted by atomic mass is 32.2. The van der Waals surface area contributed by atoms with Crippen molar-refractivity contribution < 1.29 is 9.53 Å². The summed E-state index contributed by atoms with van der Waals surface area (Å²) in [6, 6.07) is 9.82. The van der Waals surface area contributed by atoms with Gasteiger partial charge in [-0.15, -0.1) is 11.3 Å². The normalized spacial score (nSPS) is 15.4. The minimum absolute atomic E-state index is 0.0586. The van der Waals surface area contributed by atoms with Gasteiger partial charge in [0.05, 0.1) is 23.3 Å². The average Bonchev–Trinajstić information content (AvgIpc) is 3.02. The highest BCUT2D eigenvalue weighted by Gasteiger charge is 2.30. The van der Waals surface area contributed by atoms with E-state index in [-0.39, 0.29) is 17.3 Å². The molecule has 0 bridgehead atoms. The monoisotopic (exact) mass is 414 g/mol. The number of carbonyl (C=O) groups is 1. The zero-order chi connectivity index (χ0) is 19.7. The molecule has 1 amide bonds. The second kappa shape index (κ2) is 7.69. The molecular weight excluding hydrogens is 392 g/mol. The van der Waals surface area contributed by atoms with Crippen LogP contribution >= 0.6 is 23.1 Å². The number of nitrogens with one attached hydrogen (secondary N) is 1. The third-order valence-corrected chi connectivity index (χ3v) is 6.55. The lowest BCUT2D eigenvalue weighted by molar-refractivity contribution is -0.118. The number of anilines is 1. The predicted molar refractivity (Wildman–Crippen MR) is 113 cm³/mol. The number of ether oxygens (including phenoxy) is 1. The molecule has 0 fully saturated rings. The lowest BCUT2D eigenvalue weighted by atomic mass is 9.94. The molecule has 0 spiro atoms. The van der Waals surface area contributed by atoms with Gasteiger partial charge in [-0.2, -0.15) is 0 Å². The number of nitrogen functional groups attached to an aromatic ring is 1. The number of hydrogen-bond acceptors (Lipinski definition) is 7. The maximum absolute atomic E-state index is 12.1. The van der Waals surface area contributed by atoms with Crippen LogP contribution in [0, 0.1) is 0 Å². The first-order valence-electron chi connectivity index (χ1n) is 9.06. The van der Waals surface area contributed by atoms with Crippen molar-refractivity contribution in [3.05, 3.63) is 46.3 Å². The van der Waals surface area contributed by atoms with Gasteiger partial charge in [0.1, 0.15) is 10.6 Å². The molecule has 0 aliphatic carbocycles. The van der Waals surface area contributed by atoms with Crippen LogP contribution in [0.1, 0.15) is 29.9 Å². The second-order valence-corrected chi connectivity index (χ2v) is 9.38. The summed E-state index contributed by atoms with van der Waals surface area (Å²) < 4.78 is 5.90. The minimum atomic E-state index is -0.211. The first kappa shape index (κ1) is 19.2. The lowest BCUT2D eigenvalue weighted by Gasteiger charge is -2.30. The van der Waals surface area contributed by atoms with Crippen LogP contribution in [0.15, 0.2) is 35.5 Å². The Morgan fingerprint density at radius 2 is 2.11 bits per heavy atom. The Bertz CT molecular complexity index is 1020. The molecule has 8 heteroatoms. The summed E-state index contributed by atoms with van der Waals surface area (Å²) in [5, 5.41) is 4.37. The van der Waals surface area contributed by atoms with E-state index < -0.39 is 0 Å². The topological polar surface area (TPSA) is 90.1 Å². The van der Waals surface area contributed by atoms with Crippen molar-refractivity contribution in [2.45, 2.75) is 44.2 Å². The fourth-order valence-corrected chi connectivity index (χ4v) is 5.04. The highest BCUT2D eigenvalue weighted by Crippen LogP contribution is 2.40. The SMILES string of the molecule is CC1(C)Cc2c(sc3nc(SCC(=O)NCc4ccccc4)nc(N)c23)CO1. The van der Waals surface area contributed by atoms with Crippen molar-refractivity contribution in [1.29, 1.82) is 0 Å². The number of benzene rings is 1. The maximum atomic E-state index is 12.1. The smallest absolute Gasteiger partial charge is 0.230 e. The Morgan fingerprint density at radius 1 is 1.32 bits per heavy atom. The van der Waals surface area contributed by atoms with Gasteiger partial charge in [0, 0.05) is 17.8 Å². The number of nitrogens with zero attached hydrogens (tertiary/aromatic N) is 2. The predicted octanol–water partition coefficient (Wildman–Crippen LogP) is 3.53. The van der Waals surface area contributed by atoms with Crippen LogP contribution in [0.4, 0.5) is 5.82 Å². The lowest BCUT2D eigenvalue weighted by Crippen LogP contribution is -2.31. The van der Waals surface area contributed by atoms with Crippen LogP contribution in [0.25, 0.3) is 10.2 Å².